The fourth-order valence-corrected chi connectivity index (χ4v) is 3.79. The van der Waals surface area contributed by atoms with Crippen LogP contribution in [0.3, 0.4) is 0 Å². The number of nitrogens with one attached hydrogen (secondary N) is 2. The fourth-order valence-electron chi connectivity index (χ4n) is 3.79. The lowest BCUT2D eigenvalue weighted by Gasteiger charge is -2.40. The van der Waals surface area contributed by atoms with E-state index in [1.807, 2.05) is 0 Å². The number of esters is 1. The predicted octanol–water partition coefficient (Wildman–Crippen LogP) is 0.948. The van der Waals surface area contributed by atoms with Crippen molar-refractivity contribution < 1.29 is 24.1 Å². The van der Waals surface area contributed by atoms with E-state index >= 15 is 0 Å². The van der Waals surface area contributed by atoms with Gasteiger partial charge in [0.25, 0.3) is 5.56 Å². The fraction of sp³-hybridized carbons (Fsp3) is 0.444. The van der Waals surface area contributed by atoms with Gasteiger partial charge in [-0.25, -0.2) is 0 Å². The number of H-pyrrole nitrogens is 2. The number of hydrogen-bond acceptors (Lipinski definition) is 6. The van der Waals surface area contributed by atoms with E-state index in [2.05, 4.69) is 10.2 Å². The Balaban J connectivity index is 2.25. The van der Waals surface area contributed by atoms with Crippen LogP contribution in [0, 0.1) is 5.92 Å². The molecule has 8 heteroatoms. The van der Waals surface area contributed by atoms with Crippen LogP contribution in [0.4, 0.5) is 0 Å². The molecule has 26 heavy (non-hydrogen) atoms. The third kappa shape index (κ3) is 2.76. The number of methoxy groups -OCH3 is 3. The number of benzene rings is 1. The molecule has 1 heterocycles. The molecule has 1 aliphatic carbocycles. The number of aromatic amines is 2. The summed E-state index contributed by atoms with van der Waals surface area (Å²) in [5.74, 6) is -1.24. The minimum absolute atomic E-state index is 0.130. The number of carbonyl (C=O) groups is 1. The second-order valence-corrected chi connectivity index (χ2v) is 6.60. The van der Waals surface area contributed by atoms with E-state index in [4.69, 9.17) is 14.2 Å². The van der Waals surface area contributed by atoms with Crippen molar-refractivity contribution in [3.05, 3.63) is 45.4 Å². The monoisotopic (exact) mass is 362 g/mol. The first-order valence-corrected chi connectivity index (χ1v) is 8.15. The average Bonchev–Trinajstić information content (AvgIpc) is 2.98. The number of ether oxygens (including phenoxy) is 3. The van der Waals surface area contributed by atoms with Gasteiger partial charge in [0, 0.05) is 23.6 Å². The Bertz CT molecular complexity index is 882. The Hall–Kier alpha value is -2.74. The molecule has 0 radical (unpaired) electrons. The molecule has 0 unspecified atom stereocenters. The Morgan fingerprint density at radius 1 is 1.19 bits per heavy atom. The van der Waals surface area contributed by atoms with Crippen molar-refractivity contribution >= 4 is 5.97 Å². The maximum Gasteiger partial charge on any atom is 0.312 e. The first kappa shape index (κ1) is 18.1. The van der Waals surface area contributed by atoms with E-state index in [1.165, 1.54) is 21.3 Å². The highest BCUT2D eigenvalue weighted by Gasteiger charge is 2.51. The average molecular weight is 362 g/mol. The third-order valence-corrected chi connectivity index (χ3v) is 4.97. The molecule has 3 N–H and O–H groups in total. The molecule has 1 aliphatic rings. The van der Waals surface area contributed by atoms with Gasteiger partial charge < -0.3 is 24.4 Å². The number of hydrogen-bond donors (Lipinski definition) is 3. The van der Waals surface area contributed by atoms with Crippen LogP contribution in [-0.4, -0.2) is 48.2 Å². The molecular weight excluding hydrogens is 340 g/mol. The van der Waals surface area contributed by atoms with Gasteiger partial charge in [-0.1, -0.05) is 6.07 Å². The highest BCUT2D eigenvalue weighted by molar-refractivity contribution is 5.77. The van der Waals surface area contributed by atoms with Crippen LogP contribution >= 0.6 is 0 Å². The SMILES string of the molecule is COC(=O)[C@@H]1[C@@H](c2ccc(OC)c(OC)c2)c2c([nH][nH]c2=O)C[C@@]1(C)O. The minimum Gasteiger partial charge on any atom is -0.493 e. The van der Waals surface area contributed by atoms with Gasteiger partial charge in [0.2, 0.25) is 0 Å². The van der Waals surface area contributed by atoms with Gasteiger partial charge in [-0.3, -0.25) is 14.7 Å². The van der Waals surface area contributed by atoms with Crippen LogP contribution < -0.4 is 15.0 Å². The van der Waals surface area contributed by atoms with E-state index in [0.29, 0.717) is 28.3 Å². The second kappa shape index (κ2) is 6.53. The number of aliphatic hydroxyl groups is 1. The summed E-state index contributed by atoms with van der Waals surface area (Å²) < 4.78 is 15.5. The lowest BCUT2D eigenvalue weighted by Crippen LogP contribution is -2.49. The number of carbonyl (C=O) groups excluding carboxylic acids is 1. The summed E-state index contributed by atoms with van der Waals surface area (Å²) in [4.78, 5) is 24.9. The van der Waals surface area contributed by atoms with Gasteiger partial charge in [-0.15, -0.1) is 0 Å². The zero-order valence-electron chi connectivity index (χ0n) is 15.1. The first-order chi connectivity index (χ1) is 12.3. The van der Waals surface area contributed by atoms with E-state index in [9.17, 15) is 14.7 Å². The molecule has 0 aliphatic heterocycles. The largest absolute Gasteiger partial charge is 0.493 e. The molecule has 0 saturated heterocycles. The quantitative estimate of drug-likeness (QED) is 0.698. The van der Waals surface area contributed by atoms with Crippen molar-refractivity contribution in [1.29, 1.82) is 0 Å². The summed E-state index contributed by atoms with van der Waals surface area (Å²) in [5.41, 5.74) is -0.101. The molecule has 2 aromatic rings. The summed E-state index contributed by atoms with van der Waals surface area (Å²) in [7, 11) is 4.29. The molecule has 0 fully saturated rings. The molecule has 0 amide bonds. The van der Waals surface area contributed by atoms with Gasteiger partial charge in [0.15, 0.2) is 11.5 Å². The maximum absolute atomic E-state index is 12.5. The number of fused-ring (bicyclic) bond motifs is 1. The third-order valence-electron chi connectivity index (χ3n) is 4.97. The van der Waals surface area contributed by atoms with Crippen molar-refractivity contribution in [1.82, 2.24) is 10.2 Å². The smallest absolute Gasteiger partial charge is 0.312 e. The summed E-state index contributed by atoms with van der Waals surface area (Å²) >= 11 is 0. The summed E-state index contributed by atoms with van der Waals surface area (Å²) in [6.07, 6.45) is 0.130. The van der Waals surface area contributed by atoms with Crippen molar-refractivity contribution in [3.63, 3.8) is 0 Å². The molecule has 1 aromatic carbocycles. The molecule has 1 aromatic heterocycles. The molecule has 0 spiro atoms. The van der Waals surface area contributed by atoms with Gasteiger partial charge in [0.1, 0.15) is 0 Å². The van der Waals surface area contributed by atoms with E-state index < -0.39 is 23.4 Å². The number of rotatable bonds is 4. The first-order valence-electron chi connectivity index (χ1n) is 8.15. The van der Waals surface area contributed by atoms with Gasteiger partial charge in [-0.2, -0.15) is 0 Å². The lowest BCUT2D eigenvalue weighted by molar-refractivity contribution is -0.156. The Labute approximate surface area is 150 Å². The van der Waals surface area contributed by atoms with Gasteiger partial charge in [0.05, 0.1) is 32.8 Å². The van der Waals surface area contributed by atoms with Crippen molar-refractivity contribution in [2.45, 2.75) is 24.9 Å². The number of aromatic nitrogens is 2. The molecule has 3 atom stereocenters. The minimum atomic E-state index is -1.40. The molecular formula is C18H22N2O6. The zero-order valence-corrected chi connectivity index (χ0v) is 15.1. The van der Waals surface area contributed by atoms with E-state index in [1.54, 1.807) is 25.1 Å². The maximum atomic E-state index is 12.5. The van der Waals surface area contributed by atoms with Gasteiger partial charge >= 0.3 is 5.97 Å². The summed E-state index contributed by atoms with van der Waals surface area (Å²) in [5, 5.41) is 16.3. The van der Waals surface area contributed by atoms with Crippen LogP contribution in [0.15, 0.2) is 23.0 Å². The normalized spacial score (nSPS) is 24.7. The van der Waals surface area contributed by atoms with Crippen molar-refractivity contribution in [2.75, 3.05) is 21.3 Å². The molecule has 8 nitrogen and oxygen atoms in total. The van der Waals surface area contributed by atoms with Crippen LogP contribution in [0.1, 0.15) is 29.7 Å². The topological polar surface area (TPSA) is 114 Å². The Morgan fingerprint density at radius 3 is 2.50 bits per heavy atom. The Morgan fingerprint density at radius 2 is 1.88 bits per heavy atom. The van der Waals surface area contributed by atoms with Crippen molar-refractivity contribution in [2.24, 2.45) is 5.92 Å². The van der Waals surface area contributed by atoms with Crippen LogP contribution in [-0.2, 0) is 16.0 Å². The summed E-state index contributed by atoms with van der Waals surface area (Å²) in [6, 6.07) is 5.16. The molecule has 0 bridgehead atoms. The highest BCUT2D eigenvalue weighted by atomic mass is 16.5. The summed E-state index contributed by atoms with van der Waals surface area (Å²) in [6.45, 7) is 1.57. The standard InChI is InChI=1S/C18H22N2O6/c1-18(23)8-10-14(16(21)20-19-10)13(15(18)17(22)26-4)9-5-6-11(24-2)12(7-9)25-3/h5-7,13,15,23H,8H2,1-4H3,(H2,19,20,21)/t13-,15-,18+/m0/s1. The van der Waals surface area contributed by atoms with E-state index in [0.717, 1.165) is 0 Å². The highest BCUT2D eigenvalue weighted by Crippen LogP contribution is 2.45. The second-order valence-electron chi connectivity index (χ2n) is 6.60. The lowest BCUT2D eigenvalue weighted by atomic mass is 9.66. The van der Waals surface area contributed by atoms with Crippen LogP contribution in [0.25, 0.3) is 0 Å². The van der Waals surface area contributed by atoms with Gasteiger partial charge in [-0.05, 0) is 24.6 Å². The molecule has 0 saturated carbocycles. The van der Waals surface area contributed by atoms with Crippen molar-refractivity contribution in [3.8, 4) is 11.5 Å². The zero-order chi connectivity index (χ0) is 19.1. The van der Waals surface area contributed by atoms with Crippen LogP contribution in [0.5, 0.6) is 11.5 Å². The Kier molecular flexibility index (Phi) is 4.53. The van der Waals surface area contributed by atoms with Crippen LogP contribution in [0.2, 0.25) is 0 Å². The van der Waals surface area contributed by atoms with E-state index in [-0.39, 0.29) is 12.0 Å². The predicted molar refractivity (Wildman–Crippen MR) is 92.6 cm³/mol. The molecule has 140 valence electrons. The molecule has 3 rings (SSSR count).